The normalized spacial score (nSPS) is 11.9. The zero-order chi connectivity index (χ0) is 62.6. The highest BCUT2D eigenvalue weighted by atomic mass is 16.5. The van der Waals surface area contributed by atoms with Gasteiger partial charge in [0.2, 0.25) is 0 Å². The van der Waals surface area contributed by atoms with Crippen molar-refractivity contribution in [3.63, 3.8) is 0 Å². The fourth-order valence-electron chi connectivity index (χ4n) is 11.6. The van der Waals surface area contributed by atoms with Gasteiger partial charge in [-0.15, -0.1) is 0 Å². The van der Waals surface area contributed by atoms with Gasteiger partial charge in [0.15, 0.2) is 0 Å². The van der Waals surface area contributed by atoms with E-state index in [1.165, 1.54) is 0 Å². The molecule has 0 amide bonds. The molecule has 436 valence electrons. The van der Waals surface area contributed by atoms with Crippen molar-refractivity contribution in [3.8, 4) is 118 Å². The number of methoxy groups -OCH3 is 4. The van der Waals surface area contributed by atoms with Crippen LogP contribution in [0.25, 0.3) is 0 Å². The number of aryl methyl sites for hydroxylation is 8. The minimum atomic E-state index is 0.691. The Balaban J connectivity index is 0.976. The third kappa shape index (κ3) is 14.2. The lowest BCUT2D eigenvalue weighted by Crippen LogP contribution is -2.07. The van der Waals surface area contributed by atoms with Crippen LogP contribution in [0.3, 0.4) is 0 Å². The average Bonchev–Trinajstić information content (AvgIpc) is 3.76. The second kappa shape index (κ2) is 27.5. The van der Waals surface area contributed by atoms with Crippen LogP contribution in [0, 0.1) is 94.7 Å². The van der Waals surface area contributed by atoms with E-state index in [1.54, 1.807) is 28.4 Å². The summed E-state index contributed by atoms with van der Waals surface area (Å²) in [6, 6.07) is 66.3. The van der Waals surface area contributed by atoms with E-state index < -0.39 is 0 Å². The second-order valence-corrected chi connectivity index (χ2v) is 22.7. The molecule has 0 N–H and O–H groups in total. The molecule has 0 spiro atoms. The summed E-state index contributed by atoms with van der Waals surface area (Å²) >= 11 is 0. The molecule has 4 heteroatoms. The topological polar surface area (TPSA) is 36.9 Å². The molecule has 0 unspecified atom stereocenters. The van der Waals surface area contributed by atoms with E-state index in [4.69, 9.17) is 18.9 Å². The Morgan fingerprint density at radius 2 is 0.446 bits per heavy atom. The largest absolute Gasteiger partial charge is 0.497 e. The molecule has 4 nitrogen and oxygen atoms in total. The van der Waals surface area contributed by atoms with Crippen LogP contribution in [0.2, 0.25) is 0 Å². The summed E-state index contributed by atoms with van der Waals surface area (Å²) in [6.07, 6.45) is 5.53. The molecule has 0 atom stereocenters. The van der Waals surface area contributed by atoms with E-state index in [0.717, 1.165) is 157 Å². The first-order chi connectivity index (χ1) is 45.3. The molecule has 16 bridgehead atoms. The van der Waals surface area contributed by atoms with E-state index in [2.05, 4.69) is 180 Å². The third-order valence-electron chi connectivity index (χ3n) is 16.8. The van der Waals surface area contributed by atoms with Crippen LogP contribution in [-0.2, 0) is 51.4 Å². The van der Waals surface area contributed by atoms with E-state index in [-0.39, 0.29) is 0 Å². The SMILES string of the molecule is COc1ccc(C#Cc2cc3c4cc2CCc2cc(C#Cc5ccc(OC)cc5)c(cc2C#Cc2cccc(c2)C#Cc2cc5c(C#Cc6ccc(OC)cc6)cc2CCc2cc(c(cc2C#Cc2ccc(OC)cc2)CC5)C#Cc2cccc(c2)C#C4)CC3)cc1. The average molecular weight is 1180 g/mol. The first-order valence-electron chi connectivity index (χ1n) is 30.8. The lowest BCUT2D eigenvalue weighted by Gasteiger charge is -2.17. The quantitative estimate of drug-likeness (QED) is 0.165. The number of ether oxygens (including phenoxy) is 4. The highest BCUT2D eigenvalue weighted by Crippen LogP contribution is 2.30. The molecule has 10 aliphatic rings. The van der Waals surface area contributed by atoms with E-state index in [0.29, 0.717) is 51.4 Å². The standard InChI is InChI=1S/C88H60O4/c1-89-85-43-19-61(20-44-85)11-27-69-53-81-40-36-78-58-74-32-16-66-9-6-10-68(52-66)18-34-76-60-80-37-41-83-55-71(29-13-63-23-47-87(91-3)48-24-63)79(38-42-84(76)56-72(80)30-14-64-25-49-88(92-4)50-26-64)59-75(83)33-17-67-8-5-7-65(51-67)15-31-73(81)57-77(69)35-39-82(74)54-70(78)28-12-62-21-45-86(90-2)46-22-62/h5-10,19-26,43-60H,35-42H2,1-4H3. The van der Waals surface area contributed by atoms with E-state index >= 15 is 0 Å². The van der Waals surface area contributed by atoms with Crippen molar-refractivity contribution in [2.24, 2.45) is 0 Å². The molecule has 0 radical (unpaired) electrons. The Labute approximate surface area is 541 Å². The van der Waals surface area contributed by atoms with Gasteiger partial charge in [0.25, 0.3) is 0 Å². The van der Waals surface area contributed by atoms with E-state index in [9.17, 15) is 0 Å². The maximum Gasteiger partial charge on any atom is 0.118 e. The molecular weight excluding hydrogens is 1120 g/mol. The van der Waals surface area contributed by atoms with Crippen LogP contribution < -0.4 is 18.9 Å². The summed E-state index contributed by atoms with van der Waals surface area (Å²) in [6.45, 7) is 0. The smallest absolute Gasteiger partial charge is 0.118 e. The highest BCUT2D eigenvalue weighted by Gasteiger charge is 2.18. The molecular formula is C88H60O4. The van der Waals surface area contributed by atoms with Gasteiger partial charge in [-0.25, -0.2) is 0 Å². The Hall–Kier alpha value is -12.1. The van der Waals surface area contributed by atoms with Crippen LogP contribution in [0.1, 0.15) is 134 Å². The molecule has 10 aliphatic carbocycles. The molecule has 10 aromatic rings. The van der Waals surface area contributed by atoms with Crippen molar-refractivity contribution in [2.75, 3.05) is 28.4 Å². The van der Waals surface area contributed by atoms with Crippen LogP contribution in [0.15, 0.2) is 194 Å². The predicted molar refractivity (Wildman–Crippen MR) is 368 cm³/mol. The Morgan fingerprint density at radius 1 is 0.228 bits per heavy atom. The molecule has 0 aliphatic heterocycles. The fourth-order valence-corrected chi connectivity index (χ4v) is 11.6. The molecule has 0 aromatic heterocycles. The predicted octanol–water partition coefficient (Wildman–Crippen LogP) is 15.0. The fraction of sp³-hybridized carbons (Fsp3) is 0.136. The van der Waals surface area contributed by atoms with Gasteiger partial charge < -0.3 is 18.9 Å². The number of benzene rings is 10. The molecule has 0 fully saturated rings. The molecule has 20 rings (SSSR count). The van der Waals surface area contributed by atoms with Gasteiger partial charge in [-0.3, -0.25) is 0 Å². The second-order valence-electron chi connectivity index (χ2n) is 22.7. The van der Waals surface area contributed by atoms with Crippen molar-refractivity contribution in [1.29, 1.82) is 0 Å². The zero-order valence-electron chi connectivity index (χ0n) is 51.8. The minimum Gasteiger partial charge on any atom is -0.497 e. The lowest BCUT2D eigenvalue weighted by atomic mass is 9.86. The monoisotopic (exact) mass is 1180 g/mol. The van der Waals surface area contributed by atoms with Crippen molar-refractivity contribution >= 4 is 0 Å². The van der Waals surface area contributed by atoms with Gasteiger partial charge in [-0.1, -0.05) is 107 Å². The Kier molecular flexibility index (Phi) is 17.6. The summed E-state index contributed by atoms with van der Waals surface area (Å²) in [7, 11) is 6.70. The summed E-state index contributed by atoms with van der Waals surface area (Å²) in [5.74, 6) is 60.5. The first-order valence-corrected chi connectivity index (χ1v) is 30.8. The van der Waals surface area contributed by atoms with E-state index in [1.807, 2.05) is 109 Å². The van der Waals surface area contributed by atoms with Gasteiger partial charge >= 0.3 is 0 Å². The Morgan fingerprint density at radius 3 is 0.663 bits per heavy atom. The minimum absolute atomic E-state index is 0.691. The van der Waals surface area contributed by atoms with Gasteiger partial charge in [0.05, 0.1) is 28.4 Å². The van der Waals surface area contributed by atoms with Crippen molar-refractivity contribution in [1.82, 2.24) is 0 Å². The zero-order valence-corrected chi connectivity index (χ0v) is 51.8. The summed E-state index contributed by atoms with van der Waals surface area (Å²) in [4.78, 5) is 0. The van der Waals surface area contributed by atoms with Crippen LogP contribution in [0.4, 0.5) is 0 Å². The van der Waals surface area contributed by atoms with Gasteiger partial charge in [-0.2, -0.15) is 0 Å². The van der Waals surface area contributed by atoms with Gasteiger partial charge in [0, 0.05) is 89.0 Å². The summed E-state index contributed by atoms with van der Waals surface area (Å²) in [5.41, 5.74) is 23.8. The van der Waals surface area contributed by atoms with Crippen LogP contribution in [0.5, 0.6) is 23.0 Å². The summed E-state index contributed by atoms with van der Waals surface area (Å²) in [5, 5.41) is 0. The number of rotatable bonds is 4. The third-order valence-corrected chi connectivity index (χ3v) is 16.8. The molecule has 10 aromatic carbocycles. The number of hydrogen-bond donors (Lipinski definition) is 0. The molecule has 0 heterocycles. The Bertz CT molecular complexity index is 4460. The molecule has 0 saturated carbocycles. The first kappa shape index (κ1) is 58.9. The van der Waals surface area contributed by atoms with Crippen LogP contribution >= 0.6 is 0 Å². The maximum atomic E-state index is 5.47. The lowest BCUT2D eigenvalue weighted by molar-refractivity contribution is 0.414. The highest BCUT2D eigenvalue weighted by molar-refractivity contribution is 5.64. The molecule has 92 heavy (non-hydrogen) atoms. The van der Waals surface area contributed by atoms with Gasteiger partial charge in [0.1, 0.15) is 23.0 Å². The van der Waals surface area contributed by atoms with Crippen LogP contribution in [-0.4, -0.2) is 28.4 Å². The van der Waals surface area contributed by atoms with Crippen molar-refractivity contribution in [3.05, 3.63) is 328 Å². The molecule has 0 saturated heterocycles. The van der Waals surface area contributed by atoms with Gasteiger partial charge in [-0.05, 0) is 278 Å². The summed E-state index contributed by atoms with van der Waals surface area (Å²) < 4.78 is 21.9. The maximum absolute atomic E-state index is 5.47. The van der Waals surface area contributed by atoms with Crippen molar-refractivity contribution in [2.45, 2.75) is 51.4 Å². The van der Waals surface area contributed by atoms with Crippen molar-refractivity contribution < 1.29 is 18.9 Å². The number of hydrogen-bond acceptors (Lipinski definition) is 4.